The first-order chi connectivity index (χ1) is 9.56. The molecule has 1 atom stereocenters. The van der Waals surface area contributed by atoms with E-state index in [0.717, 1.165) is 11.1 Å². The minimum absolute atomic E-state index is 0.362. The molecule has 0 amide bonds. The predicted octanol–water partition coefficient (Wildman–Crippen LogP) is 4.06. The van der Waals surface area contributed by atoms with E-state index in [4.69, 9.17) is 38.4 Å². The highest BCUT2D eigenvalue weighted by Crippen LogP contribution is 2.33. The highest BCUT2D eigenvalue weighted by Gasteiger charge is 2.15. The van der Waals surface area contributed by atoms with Gasteiger partial charge >= 0.3 is 0 Å². The van der Waals surface area contributed by atoms with Crippen molar-refractivity contribution in [2.75, 3.05) is 14.2 Å². The Kier molecular flexibility index (Phi) is 4.76. The summed E-state index contributed by atoms with van der Waals surface area (Å²) in [6.45, 7) is 0. The molecule has 2 rings (SSSR count). The van der Waals surface area contributed by atoms with Gasteiger partial charge in [0.15, 0.2) is 11.5 Å². The molecule has 0 aromatic heterocycles. The fourth-order valence-electron chi connectivity index (χ4n) is 1.98. The zero-order chi connectivity index (χ0) is 14.7. The minimum Gasteiger partial charge on any atom is -0.493 e. The summed E-state index contributed by atoms with van der Waals surface area (Å²) in [5.41, 5.74) is 7.95. The number of methoxy groups -OCH3 is 2. The number of hydrogen-bond donors (Lipinski definition) is 1. The van der Waals surface area contributed by atoms with Gasteiger partial charge in [0.1, 0.15) is 0 Å². The normalized spacial score (nSPS) is 12.1. The third-order valence-electron chi connectivity index (χ3n) is 3.06. The first kappa shape index (κ1) is 15.0. The van der Waals surface area contributed by atoms with E-state index < -0.39 is 0 Å². The van der Waals surface area contributed by atoms with Crippen molar-refractivity contribution in [2.24, 2.45) is 5.73 Å². The Hall–Kier alpha value is -1.42. The molecule has 0 aliphatic rings. The zero-order valence-electron chi connectivity index (χ0n) is 11.2. The van der Waals surface area contributed by atoms with E-state index in [9.17, 15) is 0 Å². The maximum absolute atomic E-state index is 6.26. The molecule has 5 heteroatoms. The van der Waals surface area contributed by atoms with E-state index in [2.05, 4.69) is 0 Å². The van der Waals surface area contributed by atoms with Crippen LogP contribution in [0.15, 0.2) is 36.4 Å². The average Bonchev–Trinajstić information content (AvgIpc) is 2.45. The van der Waals surface area contributed by atoms with Gasteiger partial charge in [-0.3, -0.25) is 0 Å². The molecule has 2 aromatic carbocycles. The van der Waals surface area contributed by atoms with Gasteiger partial charge in [-0.05, 0) is 35.4 Å². The Morgan fingerprint density at radius 1 is 0.950 bits per heavy atom. The van der Waals surface area contributed by atoms with E-state index in [0.29, 0.717) is 21.5 Å². The number of nitrogens with two attached hydrogens (primary N) is 1. The number of halogens is 2. The molecule has 0 bridgehead atoms. The van der Waals surface area contributed by atoms with Crippen molar-refractivity contribution in [1.29, 1.82) is 0 Å². The molecule has 106 valence electrons. The lowest BCUT2D eigenvalue weighted by Gasteiger charge is -2.16. The standard InChI is InChI=1S/C15H15Cl2NO2/c1-19-13-6-3-9(7-14(13)20-2)15(18)11-5-4-10(16)8-12(11)17/h3-8,15H,18H2,1-2H3. The molecular formula is C15H15Cl2NO2. The summed E-state index contributed by atoms with van der Waals surface area (Å²) in [5.74, 6) is 1.29. The topological polar surface area (TPSA) is 44.5 Å². The van der Waals surface area contributed by atoms with Gasteiger partial charge in [0.05, 0.1) is 20.3 Å². The Morgan fingerprint density at radius 3 is 2.25 bits per heavy atom. The second kappa shape index (κ2) is 6.35. The summed E-state index contributed by atoms with van der Waals surface area (Å²) in [6, 6.07) is 10.5. The van der Waals surface area contributed by atoms with Gasteiger partial charge in [0.25, 0.3) is 0 Å². The Bertz CT molecular complexity index is 617. The van der Waals surface area contributed by atoms with Crippen LogP contribution in [-0.2, 0) is 0 Å². The molecule has 0 heterocycles. The van der Waals surface area contributed by atoms with Crippen LogP contribution in [0.25, 0.3) is 0 Å². The Labute approximate surface area is 128 Å². The van der Waals surface area contributed by atoms with E-state index in [-0.39, 0.29) is 6.04 Å². The molecule has 0 spiro atoms. The van der Waals surface area contributed by atoms with Gasteiger partial charge in [-0.2, -0.15) is 0 Å². The van der Waals surface area contributed by atoms with Crippen LogP contribution in [0.1, 0.15) is 17.2 Å². The summed E-state index contributed by atoms with van der Waals surface area (Å²) >= 11 is 12.1. The third kappa shape index (κ3) is 3.01. The fraction of sp³-hybridized carbons (Fsp3) is 0.200. The van der Waals surface area contributed by atoms with Crippen molar-refractivity contribution in [3.05, 3.63) is 57.6 Å². The predicted molar refractivity (Wildman–Crippen MR) is 82.0 cm³/mol. The average molecular weight is 312 g/mol. The van der Waals surface area contributed by atoms with Crippen LogP contribution in [0, 0.1) is 0 Å². The highest BCUT2D eigenvalue weighted by atomic mass is 35.5. The lowest BCUT2D eigenvalue weighted by Crippen LogP contribution is -2.12. The maximum Gasteiger partial charge on any atom is 0.161 e. The number of hydrogen-bond acceptors (Lipinski definition) is 3. The lowest BCUT2D eigenvalue weighted by molar-refractivity contribution is 0.354. The van der Waals surface area contributed by atoms with Crippen molar-refractivity contribution < 1.29 is 9.47 Å². The molecule has 20 heavy (non-hydrogen) atoms. The molecule has 2 aromatic rings. The Morgan fingerprint density at radius 2 is 1.65 bits per heavy atom. The van der Waals surface area contributed by atoms with Crippen LogP contribution in [-0.4, -0.2) is 14.2 Å². The van der Waals surface area contributed by atoms with Gasteiger partial charge in [0.2, 0.25) is 0 Å². The van der Waals surface area contributed by atoms with E-state index in [1.54, 1.807) is 26.4 Å². The smallest absolute Gasteiger partial charge is 0.161 e. The van der Waals surface area contributed by atoms with Crippen LogP contribution in [0.2, 0.25) is 10.0 Å². The molecule has 3 nitrogen and oxygen atoms in total. The van der Waals surface area contributed by atoms with E-state index >= 15 is 0 Å². The molecule has 0 aliphatic carbocycles. The van der Waals surface area contributed by atoms with E-state index in [1.807, 2.05) is 24.3 Å². The van der Waals surface area contributed by atoms with Gasteiger partial charge < -0.3 is 15.2 Å². The second-order valence-electron chi connectivity index (χ2n) is 4.26. The van der Waals surface area contributed by atoms with Gasteiger partial charge in [0, 0.05) is 10.0 Å². The molecular weight excluding hydrogens is 297 g/mol. The minimum atomic E-state index is -0.362. The van der Waals surface area contributed by atoms with Gasteiger partial charge in [-0.25, -0.2) is 0 Å². The summed E-state index contributed by atoms with van der Waals surface area (Å²) in [5, 5.41) is 1.12. The monoisotopic (exact) mass is 311 g/mol. The molecule has 1 unspecified atom stereocenters. The fourth-order valence-corrected chi connectivity index (χ4v) is 2.51. The van der Waals surface area contributed by atoms with E-state index in [1.165, 1.54) is 0 Å². The lowest BCUT2D eigenvalue weighted by atomic mass is 9.99. The quantitative estimate of drug-likeness (QED) is 0.926. The first-order valence-electron chi connectivity index (χ1n) is 5.99. The van der Waals surface area contributed by atoms with Crippen molar-refractivity contribution in [1.82, 2.24) is 0 Å². The third-order valence-corrected chi connectivity index (χ3v) is 3.63. The van der Waals surface area contributed by atoms with Crippen LogP contribution in [0.3, 0.4) is 0 Å². The molecule has 0 aliphatic heterocycles. The molecule has 0 radical (unpaired) electrons. The molecule has 0 saturated heterocycles. The van der Waals surface area contributed by atoms with Crippen molar-refractivity contribution in [3.63, 3.8) is 0 Å². The Balaban J connectivity index is 2.40. The van der Waals surface area contributed by atoms with Gasteiger partial charge in [-0.15, -0.1) is 0 Å². The second-order valence-corrected chi connectivity index (χ2v) is 5.10. The molecule has 0 saturated carbocycles. The zero-order valence-corrected chi connectivity index (χ0v) is 12.7. The van der Waals surface area contributed by atoms with Crippen molar-refractivity contribution in [3.8, 4) is 11.5 Å². The highest BCUT2D eigenvalue weighted by molar-refractivity contribution is 6.35. The maximum atomic E-state index is 6.26. The van der Waals surface area contributed by atoms with Crippen LogP contribution in [0.5, 0.6) is 11.5 Å². The largest absolute Gasteiger partial charge is 0.493 e. The van der Waals surface area contributed by atoms with Crippen molar-refractivity contribution >= 4 is 23.2 Å². The van der Waals surface area contributed by atoms with Crippen LogP contribution < -0.4 is 15.2 Å². The van der Waals surface area contributed by atoms with Gasteiger partial charge in [-0.1, -0.05) is 35.3 Å². The SMILES string of the molecule is COc1ccc(C(N)c2ccc(Cl)cc2Cl)cc1OC. The van der Waals surface area contributed by atoms with Crippen LogP contribution in [0.4, 0.5) is 0 Å². The molecule has 0 fully saturated rings. The number of rotatable bonds is 4. The van der Waals surface area contributed by atoms with Crippen LogP contribution >= 0.6 is 23.2 Å². The first-order valence-corrected chi connectivity index (χ1v) is 6.75. The number of ether oxygens (including phenoxy) is 2. The molecule has 2 N–H and O–H groups in total. The van der Waals surface area contributed by atoms with Crippen molar-refractivity contribution in [2.45, 2.75) is 6.04 Å². The summed E-state index contributed by atoms with van der Waals surface area (Å²) in [4.78, 5) is 0. The summed E-state index contributed by atoms with van der Waals surface area (Å²) in [7, 11) is 3.18. The summed E-state index contributed by atoms with van der Waals surface area (Å²) < 4.78 is 10.5. The summed E-state index contributed by atoms with van der Waals surface area (Å²) in [6.07, 6.45) is 0. The number of benzene rings is 2.